The zero-order valence-corrected chi connectivity index (χ0v) is 22.6. The molecule has 0 heterocycles. The molecule has 3 amide bonds. The molecule has 0 saturated carbocycles. The second-order valence-corrected chi connectivity index (χ2v) is 9.55. The van der Waals surface area contributed by atoms with Gasteiger partial charge in [-0.25, -0.2) is 4.79 Å². The molecule has 2 aromatic rings. The molecule has 0 saturated heterocycles. The Morgan fingerprint density at radius 2 is 1.10 bits per heavy atom. The summed E-state index contributed by atoms with van der Waals surface area (Å²) in [4.78, 5) is 72.9. The van der Waals surface area contributed by atoms with Gasteiger partial charge >= 0.3 is 17.9 Å². The van der Waals surface area contributed by atoms with Gasteiger partial charge in [-0.3, -0.25) is 24.0 Å². The highest BCUT2D eigenvalue weighted by atomic mass is 16.4. The SMILES string of the molecule is NC(Cc1ccc(O)cc1)C(=O)NC(Cc1ccccc1)C(=O)NC(CCC(=O)O)C(=O)NC(CCC(=O)O)C(=O)O. The Balaban J connectivity index is 2.22. The Morgan fingerprint density at radius 1 is 0.619 bits per heavy atom. The van der Waals surface area contributed by atoms with E-state index >= 15 is 0 Å². The Labute approximate surface area is 240 Å². The van der Waals surface area contributed by atoms with Gasteiger partial charge in [-0.1, -0.05) is 42.5 Å². The zero-order chi connectivity index (χ0) is 31.2. The topological polar surface area (TPSA) is 245 Å². The lowest BCUT2D eigenvalue weighted by Crippen LogP contribution is -2.57. The Morgan fingerprint density at radius 3 is 1.64 bits per heavy atom. The number of rotatable bonds is 17. The lowest BCUT2D eigenvalue weighted by molar-refractivity contribution is -0.144. The van der Waals surface area contributed by atoms with Crippen molar-refractivity contribution in [3.63, 3.8) is 0 Å². The van der Waals surface area contributed by atoms with E-state index in [2.05, 4.69) is 16.0 Å². The first kappa shape index (κ1) is 33.2. The molecule has 4 unspecified atom stereocenters. The Bertz CT molecular complexity index is 1250. The summed E-state index contributed by atoms with van der Waals surface area (Å²) >= 11 is 0. The van der Waals surface area contributed by atoms with Gasteiger partial charge in [0.25, 0.3) is 0 Å². The first-order chi connectivity index (χ1) is 19.8. The van der Waals surface area contributed by atoms with Gasteiger partial charge in [-0.2, -0.15) is 0 Å². The van der Waals surface area contributed by atoms with Crippen LogP contribution >= 0.6 is 0 Å². The molecule has 14 nitrogen and oxygen atoms in total. The second kappa shape index (κ2) is 16.3. The molecule has 2 rings (SSSR count). The van der Waals surface area contributed by atoms with Crippen LogP contribution in [0.15, 0.2) is 54.6 Å². The van der Waals surface area contributed by atoms with Crippen LogP contribution in [-0.2, 0) is 41.6 Å². The number of carboxylic acid groups (broad SMARTS) is 3. The number of carbonyl (C=O) groups is 6. The summed E-state index contributed by atoms with van der Waals surface area (Å²) in [5.74, 6) is -6.61. The predicted molar refractivity (Wildman–Crippen MR) is 147 cm³/mol. The monoisotopic (exact) mass is 586 g/mol. The predicted octanol–water partition coefficient (Wildman–Crippen LogP) is -0.227. The van der Waals surface area contributed by atoms with Crippen LogP contribution in [-0.4, -0.2) is 80.2 Å². The van der Waals surface area contributed by atoms with Crippen LogP contribution in [0, 0.1) is 0 Å². The molecular weight excluding hydrogens is 552 g/mol. The van der Waals surface area contributed by atoms with Gasteiger partial charge in [0.1, 0.15) is 23.9 Å². The lowest BCUT2D eigenvalue weighted by atomic mass is 10.0. The number of phenols is 1. The van der Waals surface area contributed by atoms with Gasteiger partial charge < -0.3 is 42.1 Å². The van der Waals surface area contributed by atoms with Crippen molar-refractivity contribution in [2.75, 3.05) is 0 Å². The third-order valence-electron chi connectivity index (χ3n) is 6.19. The van der Waals surface area contributed by atoms with Crippen molar-refractivity contribution in [2.45, 2.75) is 62.7 Å². The van der Waals surface area contributed by atoms with Crippen LogP contribution in [0.2, 0.25) is 0 Å². The Hall–Kier alpha value is -4.98. The van der Waals surface area contributed by atoms with E-state index in [1.807, 2.05) is 0 Å². The molecule has 0 bridgehead atoms. The molecule has 14 heteroatoms. The minimum Gasteiger partial charge on any atom is -0.508 e. The molecule has 0 aromatic heterocycles. The molecule has 226 valence electrons. The molecule has 0 aliphatic heterocycles. The maximum absolute atomic E-state index is 13.4. The number of carbonyl (C=O) groups excluding carboxylic acids is 3. The molecule has 0 aliphatic rings. The number of amides is 3. The van der Waals surface area contributed by atoms with Crippen LogP contribution in [0.4, 0.5) is 0 Å². The van der Waals surface area contributed by atoms with E-state index in [-0.39, 0.29) is 18.6 Å². The summed E-state index contributed by atoms with van der Waals surface area (Å²) < 4.78 is 0. The number of phenolic OH excluding ortho intramolecular Hbond substituents is 1. The van der Waals surface area contributed by atoms with Crippen molar-refractivity contribution in [1.29, 1.82) is 0 Å². The molecule has 9 N–H and O–H groups in total. The highest BCUT2D eigenvalue weighted by Gasteiger charge is 2.31. The molecule has 42 heavy (non-hydrogen) atoms. The molecule has 0 fully saturated rings. The fourth-order valence-electron chi connectivity index (χ4n) is 3.92. The van der Waals surface area contributed by atoms with Crippen molar-refractivity contribution in [3.8, 4) is 5.75 Å². The fourth-order valence-corrected chi connectivity index (χ4v) is 3.92. The smallest absolute Gasteiger partial charge is 0.326 e. The van der Waals surface area contributed by atoms with Crippen LogP contribution in [0.1, 0.15) is 36.8 Å². The van der Waals surface area contributed by atoms with Crippen LogP contribution < -0.4 is 21.7 Å². The number of nitrogens with one attached hydrogen (secondary N) is 3. The van der Waals surface area contributed by atoms with E-state index in [1.165, 1.54) is 12.1 Å². The van der Waals surface area contributed by atoms with Crippen LogP contribution in [0.5, 0.6) is 5.75 Å². The van der Waals surface area contributed by atoms with E-state index in [0.29, 0.717) is 11.1 Å². The molecule has 0 radical (unpaired) electrons. The van der Waals surface area contributed by atoms with E-state index in [1.54, 1.807) is 42.5 Å². The molecule has 0 spiro atoms. The standard InChI is InChI=1S/C28H34N4O10/c29-19(14-17-6-8-18(33)9-7-17)25(38)32-22(15-16-4-2-1-3-5-16)27(40)30-20(10-12-23(34)35)26(39)31-21(28(41)42)11-13-24(36)37/h1-9,19-22,33H,10-15,29H2,(H,30,40)(H,31,39)(H,32,38)(H,34,35)(H,36,37)(H,41,42). The van der Waals surface area contributed by atoms with Crippen molar-refractivity contribution in [3.05, 3.63) is 65.7 Å². The summed E-state index contributed by atoms with van der Waals surface area (Å²) in [5, 5.41) is 43.9. The van der Waals surface area contributed by atoms with Gasteiger partial charge in [0.2, 0.25) is 17.7 Å². The number of hydrogen-bond acceptors (Lipinski definition) is 8. The summed E-state index contributed by atoms with van der Waals surface area (Å²) in [5.41, 5.74) is 7.36. The zero-order valence-electron chi connectivity index (χ0n) is 22.6. The quantitative estimate of drug-likeness (QED) is 0.120. The minimum atomic E-state index is -1.60. The number of aromatic hydroxyl groups is 1. The Kier molecular flexibility index (Phi) is 12.9. The van der Waals surface area contributed by atoms with Crippen molar-refractivity contribution in [1.82, 2.24) is 16.0 Å². The average Bonchev–Trinajstić information content (AvgIpc) is 2.93. The summed E-state index contributed by atoms with van der Waals surface area (Å²) in [7, 11) is 0. The number of hydrogen-bond donors (Lipinski definition) is 8. The number of carboxylic acids is 3. The van der Waals surface area contributed by atoms with Gasteiger partial charge in [0.15, 0.2) is 0 Å². The molecule has 2 aromatic carbocycles. The normalized spacial score (nSPS) is 13.5. The van der Waals surface area contributed by atoms with E-state index in [0.717, 1.165) is 0 Å². The van der Waals surface area contributed by atoms with E-state index in [9.17, 15) is 39.0 Å². The minimum absolute atomic E-state index is 0.0199. The number of benzene rings is 2. The first-order valence-corrected chi connectivity index (χ1v) is 13.0. The van der Waals surface area contributed by atoms with Gasteiger partial charge in [0.05, 0.1) is 6.04 Å². The highest BCUT2D eigenvalue weighted by molar-refractivity contribution is 5.94. The van der Waals surface area contributed by atoms with Gasteiger partial charge in [0, 0.05) is 19.3 Å². The fraction of sp³-hybridized carbons (Fsp3) is 0.357. The number of aliphatic carboxylic acids is 3. The molecule has 4 atom stereocenters. The third kappa shape index (κ3) is 11.6. The lowest BCUT2D eigenvalue weighted by Gasteiger charge is -2.25. The first-order valence-electron chi connectivity index (χ1n) is 13.0. The second-order valence-electron chi connectivity index (χ2n) is 9.55. The molecular formula is C28H34N4O10. The molecule has 0 aliphatic carbocycles. The third-order valence-corrected chi connectivity index (χ3v) is 6.19. The van der Waals surface area contributed by atoms with E-state index < -0.39 is 85.5 Å². The van der Waals surface area contributed by atoms with E-state index in [4.69, 9.17) is 15.9 Å². The van der Waals surface area contributed by atoms with Crippen LogP contribution in [0.3, 0.4) is 0 Å². The summed E-state index contributed by atoms with van der Waals surface area (Å²) in [6.45, 7) is 0. The van der Waals surface area contributed by atoms with Crippen molar-refractivity contribution >= 4 is 35.6 Å². The number of nitrogens with two attached hydrogens (primary N) is 1. The van der Waals surface area contributed by atoms with Crippen molar-refractivity contribution < 1.29 is 49.2 Å². The largest absolute Gasteiger partial charge is 0.508 e. The highest BCUT2D eigenvalue weighted by Crippen LogP contribution is 2.12. The average molecular weight is 587 g/mol. The van der Waals surface area contributed by atoms with Gasteiger partial charge in [-0.05, 0) is 42.5 Å². The maximum atomic E-state index is 13.4. The van der Waals surface area contributed by atoms with Gasteiger partial charge in [-0.15, -0.1) is 0 Å². The van der Waals surface area contributed by atoms with Crippen molar-refractivity contribution in [2.24, 2.45) is 5.73 Å². The maximum Gasteiger partial charge on any atom is 0.326 e. The summed E-state index contributed by atoms with van der Waals surface area (Å²) in [6.07, 6.45) is -1.90. The van der Waals surface area contributed by atoms with Crippen LogP contribution in [0.25, 0.3) is 0 Å². The summed E-state index contributed by atoms with van der Waals surface area (Å²) in [6, 6.07) is 9.18.